The molecule has 1 nitrogen and oxygen atoms in total. The highest BCUT2D eigenvalue weighted by Gasteiger charge is 2.16. The van der Waals surface area contributed by atoms with E-state index in [0.29, 0.717) is 0 Å². The van der Waals surface area contributed by atoms with Crippen LogP contribution in [0.4, 0.5) is 5.69 Å². The first-order valence-electron chi connectivity index (χ1n) is 5.26. The SMILES string of the molecule is Cc1cc(Cl)ccc1NCC1CCC1. The minimum atomic E-state index is 0.816. The van der Waals surface area contributed by atoms with Crippen molar-refractivity contribution in [2.45, 2.75) is 26.2 Å². The van der Waals surface area contributed by atoms with Gasteiger partial charge in [0.25, 0.3) is 0 Å². The summed E-state index contributed by atoms with van der Waals surface area (Å²) in [6.45, 7) is 3.21. The van der Waals surface area contributed by atoms with Crippen molar-refractivity contribution < 1.29 is 0 Å². The van der Waals surface area contributed by atoms with Gasteiger partial charge in [-0.05, 0) is 49.4 Å². The van der Waals surface area contributed by atoms with Crippen molar-refractivity contribution in [2.75, 3.05) is 11.9 Å². The van der Waals surface area contributed by atoms with Crippen LogP contribution in [-0.4, -0.2) is 6.54 Å². The summed E-state index contributed by atoms with van der Waals surface area (Å²) in [5.74, 6) is 0.894. The maximum absolute atomic E-state index is 5.89. The number of nitrogens with one attached hydrogen (secondary N) is 1. The van der Waals surface area contributed by atoms with Crippen LogP contribution in [0.3, 0.4) is 0 Å². The molecule has 0 saturated heterocycles. The van der Waals surface area contributed by atoms with Gasteiger partial charge in [-0.2, -0.15) is 0 Å². The molecule has 0 aliphatic heterocycles. The minimum absolute atomic E-state index is 0.816. The van der Waals surface area contributed by atoms with Gasteiger partial charge in [-0.15, -0.1) is 0 Å². The Morgan fingerprint density at radius 1 is 1.43 bits per heavy atom. The lowest BCUT2D eigenvalue weighted by Crippen LogP contribution is -2.21. The number of halogens is 1. The van der Waals surface area contributed by atoms with Crippen LogP contribution in [0, 0.1) is 12.8 Å². The zero-order valence-corrected chi connectivity index (χ0v) is 9.27. The average Bonchev–Trinajstić information content (AvgIpc) is 2.05. The van der Waals surface area contributed by atoms with Crippen LogP contribution in [0.15, 0.2) is 18.2 Å². The van der Waals surface area contributed by atoms with Gasteiger partial charge in [0, 0.05) is 17.3 Å². The lowest BCUT2D eigenvalue weighted by molar-refractivity contribution is 0.333. The predicted octanol–water partition coefficient (Wildman–Crippen LogP) is 3.86. The van der Waals surface area contributed by atoms with Gasteiger partial charge in [0.15, 0.2) is 0 Å². The smallest absolute Gasteiger partial charge is 0.0410 e. The van der Waals surface area contributed by atoms with E-state index >= 15 is 0 Å². The highest BCUT2D eigenvalue weighted by molar-refractivity contribution is 6.30. The molecule has 76 valence electrons. The Morgan fingerprint density at radius 3 is 2.79 bits per heavy atom. The van der Waals surface area contributed by atoms with E-state index in [-0.39, 0.29) is 0 Å². The molecular weight excluding hydrogens is 194 g/mol. The fourth-order valence-electron chi connectivity index (χ4n) is 1.78. The maximum atomic E-state index is 5.89. The molecule has 2 rings (SSSR count). The third-order valence-electron chi connectivity index (χ3n) is 2.99. The monoisotopic (exact) mass is 209 g/mol. The lowest BCUT2D eigenvalue weighted by atomic mass is 9.85. The molecule has 0 spiro atoms. The van der Waals surface area contributed by atoms with Gasteiger partial charge in [-0.3, -0.25) is 0 Å². The molecule has 1 fully saturated rings. The van der Waals surface area contributed by atoms with Gasteiger partial charge in [-0.1, -0.05) is 18.0 Å². The topological polar surface area (TPSA) is 12.0 Å². The van der Waals surface area contributed by atoms with Crippen LogP contribution in [-0.2, 0) is 0 Å². The van der Waals surface area contributed by atoms with Crippen LogP contribution in [0.25, 0.3) is 0 Å². The molecule has 0 bridgehead atoms. The molecule has 0 radical (unpaired) electrons. The summed E-state index contributed by atoms with van der Waals surface area (Å²) in [6, 6.07) is 6.01. The van der Waals surface area contributed by atoms with Gasteiger partial charge >= 0.3 is 0 Å². The third kappa shape index (κ3) is 2.21. The van der Waals surface area contributed by atoms with Crippen LogP contribution in [0.1, 0.15) is 24.8 Å². The molecule has 1 aliphatic carbocycles. The summed E-state index contributed by atoms with van der Waals surface area (Å²) in [5, 5.41) is 4.30. The second kappa shape index (κ2) is 4.22. The summed E-state index contributed by atoms with van der Waals surface area (Å²) in [6.07, 6.45) is 4.19. The van der Waals surface area contributed by atoms with E-state index in [2.05, 4.69) is 18.3 Å². The fourth-order valence-corrected chi connectivity index (χ4v) is 2.00. The van der Waals surface area contributed by atoms with Crippen molar-refractivity contribution in [3.8, 4) is 0 Å². The molecule has 1 saturated carbocycles. The number of benzene rings is 1. The molecule has 2 heteroatoms. The first kappa shape index (κ1) is 9.85. The summed E-state index contributed by atoms with van der Waals surface area (Å²) >= 11 is 5.89. The highest BCUT2D eigenvalue weighted by atomic mass is 35.5. The quantitative estimate of drug-likeness (QED) is 0.797. The van der Waals surface area contributed by atoms with E-state index in [0.717, 1.165) is 17.5 Å². The molecule has 14 heavy (non-hydrogen) atoms. The Kier molecular flexibility index (Phi) is 2.97. The van der Waals surface area contributed by atoms with Gasteiger partial charge in [-0.25, -0.2) is 0 Å². The molecule has 0 atom stereocenters. The normalized spacial score (nSPS) is 16.4. The highest BCUT2D eigenvalue weighted by Crippen LogP contribution is 2.27. The predicted molar refractivity (Wildman–Crippen MR) is 62.0 cm³/mol. The summed E-state index contributed by atoms with van der Waals surface area (Å²) in [5.41, 5.74) is 2.46. The van der Waals surface area contributed by atoms with E-state index in [1.165, 1.54) is 30.5 Å². The summed E-state index contributed by atoms with van der Waals surface area (Å²) in [7, 11) is 0. The second-order valence-corrected chi connectivity index (χ2v) is 4.57. The Morgan fingerprint density at radius 2 is 2.21 bits per heavy atom. The number of hydrogen-bond donors (Lipinski definition) is 1. The van der Waals surface area contributed by atoms with Crippen molar-refractivity contribution >= 4 is 17.3 Å². The van der Waals surface area contributed by atoms with E-state index in [1.807, 2.05) is 12.1 Å². The van der Waals surface area contributed by atoms with Gasteiger partial charge in [0.2, 0.25) is 0 Å². The van der Waals surface area contributed by atoms with Crippen molar-refractivity contribution in [3.05, 3.63) is 28.8 Å². The Bertz CT molecular complexity index is 318. The minimum Gasteiger partial charge on any atom is -0.385 e. The average molecular weight is 210 g/mol. The Balaban J connectivity index is 1.94. The van der Waals surface area contributed by atoms with E-state index in [4.69, 9.17) is 11.6 Å². The van der Waals surface area contributed by atoms with Crippen molar-refractivity contribution in [1.29, 1.82) is 0 Å². The molecule has 0 unspecified atom stereocenters. The standard InChI is InChI=1S/C12H16ClN/c1-9-7-11(13)5-6-12(9)14-8-10-3-2-4-10/h5-7,10,14H,2-4,8H2,1H3. The fraction of sp³-hybridized carbons (Fsp3) is 0.500. The summed E-state index contributed by atoms with van der Waals surface area (Å²) in [4.78, 5) is 0. The van der Waals surface area contributed by atoms with E-state index in [1.54, 1.807) is 0 Å². The molecule has 1 aromatic rings. The summed E-state index contributed by atoms with van der Waals surface area (Å²) < 4.78 is 0. The van der Waals surface area contributed by atoms with Crippen LogP contribution < -0.4 is 5.32 Å². The van der Waals surface area contributed by atoms with Gasteiger partial charge in [0.05, 0.1) is 0 Å². The Hall–Kier alpha value is -0.690. The maximum Gasteiger partial charge on any atom is 0.0410 e. The van der Waals surface area contributed by atoms with Gasteiger partial charge < -0.3 is 5.32 Å². The zero-order valence-electron chi connectivity index (χ0n) is 8.52. The molecule has 0 amide bonds. The number of hydrogen-bond acceptors (Lipinski definition) is 1. The van der Waals surface area contributed by atoms with Gasteiger partial charge in [0.1, 0.15) is 0 Å². The Labute approximate surface area is 90.5 Å². The first-order chi connectivity index (χ1) is 6.75. The number of anilines is 1. The van der Waals surface area contributed by atoms with Crippen molar-refractivity contribution in [3.63, 3.8) is 0 Å². The van der Waals surface area contributed by atoms with E-state index < -0.39 is 0 Å². The molecule has 1 aromatic carbocycles. The van der Waals surface area contributed by atoms with E-state index in [9.17, 15) is 0 Å². The second-order valence-electron chi connectivity index (χ2n) is 4.14. The van der Waals surface area contributed by atoms with Crippen LogP contribution in [0.5, 0.6) is 0 Å². The lowest BCUT2D eigenvalue weighted by Gasteiger charge is -2.26. The molecular formula is C12H16ClN. The third-order valence-corrected chi connectivity index (χ3v) is 3.23. The molecule has 0 heterocycles. The number of rotatable bonds is 3. The number of aryl methyl sites for hydroxylation is 1. The first-order valence-corrected chi connectivity index (χ1v) is 5.63. The van der Waals surface area contributed by atoms with Crippen molar-refractivity contribution in [1.82, 2.24) is 0 Å². The largest absolute Gasteiger partial charge is 0.385 e. The van der Waals surface area contributed by atoms with Crippen LogP contribution in [0.2, 0.25) is 5.02 Å². The molecule has 1 aliphatic rings. The molecule has 1 N–H and O–H groups in total. The van der Waals surface area contributed by atoms with Crippen LogP contribution >= 0.6 is 11.6 Å². The van der Waals surface area contributed by atoms with Crippen molar-refractivity contribution in [2.24, 2.45) is 5.92 Å². The zero-order chi connectivity index (χ0) is 9.97. The molecule has 0 aromatic heterocycles.